The predicted molar refractivity (Wildman–Crippen MR) is 116 cm³/mol. The lowest BCUT2D eigenvalue weighted by atomic mass is 10.1. The number of para-hydroxylation sites is 1. The first-order valence-corrected chi connectivity index (χ1v) is 9.96. The molecular weight excluding hydrogens is 386 g/mol. The fraction of sp³-hybridized carbons (Fsp3) is 0.136. The minimum atomic E-state index is -0.874. The Bertz CT molecular complexity index is 1090. The molecule has 7 heteroatoms. The number of fused-ring (bicyclic) bond motifs is 1. The average Bonchev–Trinajstić information content (AvgIpc) is 3.41. The van der Waals surface area contributed by atoms with Gasteiger partial charge in [0.25, 0.3) is 0 Å². The monoisotopic (exact) mass is 409 g/mol. The minimum Gasteiger partial charge on any atom is -0.477 e. The molecule has 6 nitrogen and oxygen atoms in total. The molecule has 0 fully saturated rings. The number of hydrogen-bond donors (Lipinski definition) is 5. The topological polar surface area (TPSA) is 111 Å². The molecule has 150 valence electrons. The van der Waals surface area contributed by atoms with Gasteiger partial charge in [-0.2, -0.15) is 0 Å². The Labute approximate surface area is 172 Å². The number of H-pyrrole nitrogens is 1. The van der Waals surface area contributed by atoms with E-state index >= 15 is 0 Å². The number of benzene rings is 2. The summed E-state index contributed by atoms with van der Waals surface area (Å²) in [6, 6.07) is 20.1. The lowest BCUT2D eigenvalue weighted by Crippen LogP contribution is -2.16. The van der Waals surface area contributed by atoms with E-state index in [1.807, 2.05) is 24.3 Å². The van der Waals surface area contributed by atoms with Gasteiger partial charge in [-0.3, -0.25) is 0 Å². The SMILES string of the molecule is NO.O=C(O)c1ccc(-c2cccc(CNCCc3c[nH]c4ccccc34)c2)s1. The Morgan fingerprint density at radius 2 is 1.90 bits per heavy atom. The van der Waals surface area contributed by atoms with E-state index in [1.54, 1.807) is 6.07 Å². The van der Waals surface area contributed by atoms with Crippen LogP contribution in [0.15, 0.2) is 66.9 Å². The van der Waals surface area contributed by atoms with E-state index < -0.39 is 5.97 Å². The van der Waals surface area contributed by atoms with Gasteiger partial charge in [-0.1, -0.05) is 36.4 Å². The molecule has 0 unspecified atom stereocenters. The van der Waals surface area contributed by atoms with Crippen molar-refractivity contribution in [1.82, 2.24) is 10.3 Å². The van der Waals surface area contributed by atoms with Crippen LogP contribution in [0.5, 0.6) is 0 Å². The highest BCUT2D eigenvalue weighted by atomic mass is 32.1. The molecule has 4 rings (SSSR count). The van der Waals surface area contributed by atoms with Crippen LogP contribution in [0.1, 0.15) is 20.8 Å². The van der Waals surface area contributed by atoms with Crippen molar-refractivity contribution in [3.05, 3.63) is 82.9 Å². The summed E-state index contributed by atoms with van der Waals surface area (Å²) in [5.41, 5.74) is 4.75. The van der Waals surface area contributed by atoms with Gasteiger partial charge in [-0.15, -0.1) is 11.3 Å². The van der Waals surface area contributed by atoms with Crippen LogP contribution in [-0.4, -0.2) is 27.8 Å². The number of carboxylic acid groups (broad SMARTS) is 1. The molecule has 0 atom stereocenters. The summed E-state index contributed by atoms with van der Waals surface area (Å²) in [7, 11) is 0. The summed E-state index contributed by atoms with van der Waals surface area (Å²) in [5, 5.41) is 20.4. The van der Waals surface area contributed by atoms with Crippen LogP contribution in [-0.2, 0) is 13.0 Å². The van der Waals surface area contributed by atoms with Crippen molar-refractivity contribution in [2.45, 2.75) is 13.0 Å². The molecule has 0 saturated carbocycles. The summed E-state index contributed by atoms with van der Waals surface area (Å²) in [6.07, 6.45) is 3.06. The summed E-state index contributed by atoms with van der Waals surface area (Å²) in [4.78, 5) is 15.7. The fourth-order valence-electron chi connectivity index (χ4n) is 3.24. The Balaban J connectivity index is 0.00000117. The van der Waals surface area contributed by atoms with E-state index in [2.05, 4.69) is 52.7 Å². The number of hydrogen-bond acceptors (Lipinski definition) is 5. The molecule has 29 heavy (non-hydrogen) atoms. The molecule has 2 heterocycles. The number of aromatic amines is 1. The molecule has 0 saturated heterocycles. The highest BCUT2D eigenvalue weighted by molar-refractivity contribution is 7.17. The smallest absolute Gasteiger partial charge is 0.345 e. The van der Waals surface area contributed by atoms with Gasteiger partial charge < -0.3 is 20.6 Å². The molecule has 2 aromatic carbocycles. The van der Waals surface area contributed by atoms with Crippen molar-refractivity contribution in [2.75, 3.05) is 6.54 Å². The zero-order valence-corrected chi connectivity index (χ0v) is 16.6. The number of thiophene rings is 1. The van der Waals surface area contributed by atoms with E-state index in [-0.39, 0.29) is 0 Å². The first-order chi connectivity index (χ1) is 14.2. The van der Waals surface area contributed by atoms with Crippen LogP contribution in [0.4, 0.5) is 0 Å². The van der Waals surface area contributed by atoms with Crippen molar-refractivity contribution in [1.29, 1.82) is 0 Å². The number of carbonyl (C=O) groups is 1. The third-order valence-electron chi connectivity index (χ3n) is 4.60. The molecule has 0 amide bonds. The first-order valence-electron chi connectivity index (χ1n) is 9.15. The molecule has 4 aromatic rings. The van der Waals surface area contributed by atoms with E-state index in [4.69, 9.17) is 10.3 Å². The zero-order chi connectivity index (χ0) is 20.6. The van der Waals surface area contributed by atoms with Gasteiger partial charge >= 0.3 is 5.97 Å². The molecule has 0 bridgehead atoms. The second kappa shape index (κ2) is 9.99. The Kier molecular flexibility index (Phi) is 7.15. The number of aromatic carboxylic acids is 1. The Morgan fingerprint density at radius 1 is 1.07 bits per heavy atom. The number of nitrogens with two attached hydrogens (primary N) is 1. The maximum atomic E-state index is 11.1. The van der Waals surface area contributed by atoms with Gasteiger partial charge in [-0.05, 0) is 53.9 Å². The highest BCUT2D eigenvalue weighted by Crippen LogP contribution is 2.28. The lowest BCUT2D eigenvalue weighted by Gasteiger charge is -2.06. The van der Waals surface area contributed by atoms with Gasteiger partial charge in [0.05, 0.1) is 0 Å². The van der Waals surface area contributed by atoms with Crippen LogP contribution in [0.2, 0.25) is 0 Å². The highest BCUT2D eigenvalue weighted by Gasteiger charge is 2.09. The maximum Gasteiger partial charge on any atom is 0.345 e. The fourth-order valence-corrected chi connectivity index (χ4v) is 4.08. The number of aromatic nitrogens is 1. The summed E-state index contributed by atoms with van der Waals surface area (Å²) in [5.74, 6) is 2.63. The Morgan fingerprint density at radius 3 is 2.69 bits per heavy atom. The first kappa shape index (κ1) is 20.8. The molecule has 0 spiro atoms. The molecule has 2 aromatic heterocycles. The summed E-state index contributed by atoms with van der Waals surface area (Å²) >= 11 is 1.31. The van der Waals surface area contributed by atoms with Crippen molar-refractivity contribution in [3.8, 4) is 10.4 Å². The minimum absolute atomic E-state index is 0.368. The molecule has 0 aliphatic heterocycles. The number of rotatable bonds is 7. The molecule has 0 aliphatic rings. The van der Waals surface area contributed by atoms with E-state index in [0.29, 0.717) is 4.88 Å². The van der Waals surface area contributed by atoms with Crippen molar-refractivity contribution >= 4 is 28.2 Å². The van der Waals surface area contributed by atoms with Crippen LogP contribution in [0, 0.1) is 0 Å². The molecular formula is C22H23N3O3S. The third kappa shape index (κ3) is 5.10. The molecule has 0 aliphatic carbocycles. The van der Waals surface area contributed by atoms with Crippen LogP contribution < -0.4 is 11.2 Å². The van der Waals surface area contributed by atoms with Crippen LogP contribution >= 0.6 is 11.3 Å². The van der Waals surface area contributed by atoms with E-state index in [9.17, 15) is 4.79 Å². The maximum absolute atomic E-state index is 11.1. The van der Waals surface area contributed by atoms with Crippen LogP contribution in [0.25, 0.3) is 21.3 Å². The van der Waals surface area contributed by atoms with Gasteiger partial charge in [0.2, 0.25) is 0 Å². The lowest BCUT2D eigenvalue weighted by molar-refractivity contribution is 0.0702. The van der Waals surface area contributed by atoms with E-state index in [0.717, 1.165) is 30.0 Å². The zero-order valence-electron chi connectivity index (χ0n) is 15.8. The Hall–Kier alpha value is -2.97. The number of carboxylic acids is 1. The summed E-state index contributed by atoms with van der Waals surface area (Å²) < 4.78 is 0. The quantitative estimate of drug-likeness (QED) is 0.231. The molecule has 6 N–H and O–H groups in total. The van der Waals surface area contributed by atoms with Crippen molar-refractivity contribution in [3.63, 3.8) is 0 Å². The molecule has 0 radical (unpaired) electrons. The van der Waals surface area contributed by atoms with Gasteiger partial charge in [0, 0.05) is 28.5 Å². The van der Waals surface area contributed by atoms with Crippen LogP contribution in [0.3, 0.4) is 0 Å². The third-order valence-corrected chi connectivity index (χ3v) is 5.73. The second-order valence-electron chi connectivity index (χ2n) is 6.46. The predicted octanol–water partition coefficient (Wildman–Crippen LogP) is 4.26. The van der Waals surface area contributed by atoms with Crippen molar-refractivity contribution < 1.29 is 15.1 Å². The standard InChI is InChI=1S/C22H20N2O2S.H3NO/c25-22(26)21-9-8-20(27-21)16-5-3-4-15(12-16)13-23-11-10-17-14-24-19-7-2-1-6-18(17)19;1-2/h1-9,12,14,23-24H,10-11,13H2,(H,25,26);2H,1H2. The van der Waals surface area contributed by atoms with E-state index in [1.165, 1.54) is 33.4 Å². The normalized spacial score (nSPS) is 10.6. The van der Waals surface area contributed by atoms with Gasteiger partial charge in [0.1, 0.15) is 4.88 Å². The van der Waals surface area contributed by atoms with Crippen molar-refractivity contribution in [2.24, 2.45) is 5.90 Å². The largest absolute Gasteiger partial charge is 0.477 e. The second-order valence-corrected chi connectivity index (χ2v) is 7.54. The van der Waals surface area contributed by atoms with Gasteiger partial charge in [0.15, 0.2) is 0 Å². The average molecular weight is 410 g/mol. The van der Waals surface area contributed by atoms with Gasteiger partial charge in [-0.25, -0.2) is 10.7 Å². The summed E-state index contributed by atoms with van der Waals surface area (Å²) in [6.45, 7) is 1.68. The number of nitrogens with one attached hydrogen (secondary N) is 2.